The van der Waals surface area contributed by atoms with Crippen molar-refractivity contribution in [3.05, 3.63) is 64.6 Å². The van der Waals surface area contributed by atoms with Gasteiger partial charge in [-0.2, -0.15) is 5.23 Å². The van der Waals surface area contributed by atoms with E-state index in [0.29, 0.717) is 28.0 Å². The zero-order valence-corrected chi connectivity index (χ0v) is 13.7. The molecule has 0 fully saturated rings. The second-order valence-corrected chi connectivity index (χ2v) is 5.47. The first-order valence-electron chi connectivity index (χ1n) is 7.56. The molecule has 0 spiro atoms. The number of methoxy groups -OCH3 is 1. The molecule has 2 N–H and O–H groups in total. The summed E-state index contributed by atoms with van der Waals surface area (Å²) in [5.74, 6) is 0.599. The summed E-state index contributed by atoms with van der Waals surface area (Å²) in [7, 11) is 1.32. The van der Waals surface area contributed by atoms with Gasteiger partial charge < -0.3 is 19.1 Å². The number of rotatable bonds is 5. The molecule has 1 heterocycles. The van der Waals surface area contributed by atoms with Crippen molar-refractivity contribution >= 4 is 22.6 Å². The molecular formula is C18H17NO6. The maximum absolute atomic E-state index is 11.9. The fraction of sp³-hybridized carbons (Fsp3) is 0.167. The van der Waals surface area contributed by atoms with Gasteiger partial charge in [-0.15, -0.1) is 0 Å². The van der Waals surface area contributed by atoms with Crippen molar-refractivity contribution in [3.8, 4) is 5.75 Å². The number of quaternary nitrogens is 1. The average molecular weight is 343 g/mol. The largest absolute Gasteiger partial charge is 0.595 e. The summed E-state index contributed by atoms with van der Waals surface area (Å²) in [6.45, 7) is 1.98. The van der Waals surface area contributed by atoms with E-state index in [2.05, 4.69) is 0 Å². The predicted octanol–water partition coefficient (Wildman–Crippen LogP) is 2.51. The molecule has 0 aliphatic carbocycles. The minimum absolute atomic E-state index is 0.224. The summed E-state index contributed by atoms with van der Waals surface area (Å²) < 4.78 is 16.1. The smallest absolute Gasteiger partial charge is 0.342 e. The fourth-order valence-electron chi connectivity index (χ4n) is 2.55. The number of benzene rings is 2. The van der Waals surface area contributed by atoms with Crippen molar-refractivity contribution in [3.63, 3.8) is 0 Å². The maximum Gasteiger partial charge on any atom is 0.342 e. The first-order valence-corrected chi connectivity index (χ1v) is 7.56. The van der Waals surface area contributed by atoms with E-state index in [-0.39, 0.29) is 12.3 Å². The van der Waals surface area contributed by atoms with E-state index in [1.165, 1.54) is 19.2 Å². The number of hydrogen-bond acceptors (Lipinski definition) is 6. The number of carbonyl (C=O) groups is 1. The lowest BCUT2D eigenvalue weighted by atomic mass is 10.1. The van der Waals surface area contributed by atoms with Crippen LogP contribution in [-0.2, 0) is 11.3 Å². The number of nitrogens with one attached hydrogen (secondary N) is 1. The molecule has 0 aliphatic rings. The predicted molar refractivity (Wildman–Crippen MR) is 88.8 cm³/mol. The van der Waals surface area contributed by atoms with Gasteiger partial charge in [0.05, 0.1) is 7.11 Å². The van der Waals surface area contributed by atoms with E-state index in [4.69, 9.17) is 19.1 Å². The molecule has 0 radical (unpaired) electrons. The van der Waals surface area contributed by atoms with Crippen molar-refractivity contribution in [2.75, 3.05) is 7.11 Å². The van der Waals surface area contributed by atoms with Gasteiger partial charge in [-0.05, 0) is 42.8 Å². The van der Waals surface area contributed by atoms with Crippen LogP contribution in [0, 0.1) is 12.1 Å². The Kier molecular flexibility index (Phi) is 4.71. The van der Waals surface area contributed by atoms with Gasteiger partial charge in [0.25, 0.3) is 0 Å². The lowest BCUT2D eigenvalue weighted by Gasteiger charge is -2.12. The van der Waals surface area contributed by atoms with E-state index in [9.17, 15) is 10.0 Å². The van der Waals surface area contributed by atoms with Crippen LogP contribution in [0.1, 0.15) is 21.7 Å². The van der Waals surface area contributed by atoms with Crippen LogP contribution in [-0.4, -0.2) is 18.3 Å². The molecule has 7 nitrogen and oxygen atoms in total. The molecule has 0 aliphatic heterocycles. The summed E-state index contributed by atoms with van der Waals surface area (Å²) in [6.07, 6.45) is 0. The molecule has 25 heavy (non-hydrogen) atoms. The van der Waals surface area contributed by atoms with E-state index < -0.39 is 11.2 Å². The first-order chi connectivity index (χ1) is 12.0. The maximum atomic E-state index is 11.9. The van der Waals surface area contributed by atoms with Crippen molar-refractivity contribution < 1.29 is 29.1 Å². The highest BCUT2D eigenvalue weighted by Crippen LogP contribution is 2.30. The van der Waals surface area contributed by atoms with Gasteiger partial charge in [0.2, 0.25) is 0 Å². The number of aryl methyl sites for hydroxylation is 1. The van der Waals surface area contributed by atoms with Crippen LogP contribution < -0.4 is 9.96 Å². The first kappa shape index (κ1) is 17.0. The van der Waals surface area contributed by atoms with Gasteiger partial charge in [0, 0.05) is 17.5 Å². The summed E-state index contributed by atoms with van der Waals surface area (Å²) in [5.41, 5.74) is 2.02. The standard InChI is InChI=1S/C18H17NO6/c1-11-17(18(20)23-2)15-9-14(7-8-16(15)25-11)24-10-12-3-5-13(6-4-12)19(21)22/h3-9,19,21H,10H2,1-2H3. The Morgan fingerprint density at radius 1 is 1.24 bits per heavy atom. The molecule has 0 saturated heterocycles. The van der Waals surface area contributed by atoms with E-state index in [1.807, 2.05) is 0 Å². The van der Waals surface area contributed by atoms with Crippen molar-refractivity contribution in [2.45, 2.75) is 13.5 Å². The van der Waals surface area contributed by atoms with Gasteiger partial charge in [-0.3, -0.25) is 0 Å². The van der Waals surface area contributed by atoms with Gasteiger partial charge in [0.15, 0.2) is 5.69 Å². The zero-order valence-electron chi connectivity index (χ0n) is 13.7. The third kappa shape index (κ3) is 3.48. The third-order valence-electron chi connectivity index (χ3n) is 3.83. The Balaban J connectivity index is 1.81. The Morgan fingerprint density at radius 3 is 2.60 bits per heavy atom. The number of hydrogen-bond donors (Lipinski definition) is 2. The molecule has 1 atom stereocenters. The van der Waals surface area contributed by atoms with Crippen LogP contribution in [0.5, 0.6) is 5.75 Å². The van der Waals surface area contributed by atoms with Crippen LogP contribution in [0.4, 0.5) is 5.69 Å². The number of furan rings is 1. The summed E-state index contributed by atoms with van der Waals surface area (Å²) in [6, 6.07) is 11.7. The van der Waals surface area contributed by atoms with Crippen LogP contribution in [0.3, 0.4) is 0 Å². The van der Waals surface area contributed by atoms with Crippen LogP contribution in [0.25, 0.3) is 11.0 Å². The topological polar surface area (TPSA) is 96.4 Å². The minimum atomic E-state index is -0.969. The quantitative estimate of drug-likeness (QED) is 0.546. The molecule has 0 amide bonds. The number of carbonyl (C=O) groups excluding carboxylic acids is 1. The van der Waals surface area contributed by atoms with E-state index in [0.717, 1.165) is 5.56 Å². The van der Waals surface area contributed by atoms with Crippen molar-refractivity contribution in [2.24, 2.45) is 0 Å². The van der Waals surface area contributed by atoms with Crippen molar-refractivity contribution in [1.82, 2.24) is 0 Å². The molecule has 1 unspecified atom stereocenters. The number of ether oxygens (including phenoxy) is 2. The highest BCUT2D eigenvalue weighted by Gasteiger charge is 2.19. The molecule has 7 heteroatoms. The molecule has 3 aromatic rings. The Morgan fingerprint density at radius 2 is 1.96 bits per heavy atom. The molecule has 0 bridgehead atoms. The third-order valence-corrected chi connectivity index (χ3v) is 3.83. The van der Waals surface area contributed by atoms with Crippen LogP contribution in [0.2, 0.25) is 0 Å². The van der Waals surface area contributed by atoms with Gasteiger partial charge in [0.1, 0.15) is 29.3 Å². The molecule has 1 aromatic heterocycles. The second kappa shape index (κ2) is 6.94. The highest BCUT2D eigenvalue weighted by molar-refractivity contribution is 6.04. The van der Waals surface area contributed by atoms with E-state index >= 15 is 0 Å². The number of fused-ring (bicyclic) bond motifs is 1. The van der Waals surface area contributed by atoms with Crippen LogP contribution in [0.15, 0.2) is 46.9 Å². The van der Waals surface area contributed by atoms with Crippen LogP contribution >= 0.6 is 0 Å². The lowest BCUT2D eigenvalue weighted by molar-refractivity contribution is -0.991. The summed E-state index contributed by atoms with van der Waals surface area (Å²) in [4.78, 5) is 11.9. The second-order valence-electron chi connectivity index (χ2n) is 5.47. The normalized spacial score (nSPS) is 12.2. The summed E-state index contributed by atoms with van der Waals surface area (Å²) >= 11 is 0. The van der Waals surface area contributed by atoms with Gasteiger partial charge >= 0.3 is 5.97 Å². The Labute approximate surface area is 143 Å². The minimum Gasteiger partial charge on any atom is -0.595 e. The Bertz CT molecular complexity index is 898. The van der Waals surface area contributed by atoms with E-state index in [1.54, 1.807) is 37.3 Å². The SMILES string of the molecule is COC(=O)c1c(C)oc2ccc(OCc3ccc([NH+]([O-])O)cc3)cc12. The average Bonchev–Trinajstić information content (AvgIpc) is 2.94. The monoisotopic (exact) mass is 343 g/mol. The zero-order chi connectivity index (χ0) is 18.0. The molecule has 0 saturated carbocycles. The molecular weight excluding hydrogens is 326 g/mol. The fourth-order valence-corrected chi connectivity index (χ4v) is 2.55. The van der Waals surface area contributed by atoms with Crippen molar-refractivity contribution in [1.29, 1.82) is 0 Å². The highest BCUT2D eigenvalue weighted by atomic mass is 16.8. The van der Waals surface area contributed by atoms with Gasteiger partial charge in [-0.1, -0.05) is 0 Å². The molecule has 2 aromatic carbocycles. The molecule has 3 rings (SSSR count). The number of esters is 1. The summed E-state index contributed by atoms with van der Waals surface area (Å²) in [5, 5.41) is 19.4. The van der Waals surface area contributed by atoms with Gasteiger partial charge in [-0.25, -0.2) is 10.0 Å². The molecule has 130 valence electrons. The lowest BCUT2D eigenvalue weighted by Crippen LogP contribution is -2.99. The Hall–Kier alpha value is -2.87.